The highest BCUT2D eigenvalue weighted by Crippen LogP contribution is 2.47. The number of hydrogen-bond acceptors (Lipinski definition) is 2. The Kier molecular flexibility index (Phi) is 5.10. The van der Waals surface area contributed by atoms with Crippen LogP contribution in [0.2, 0.25) is 10.0 Å². The third-order valence-electron chi connectivity index (χ3n) is 5.50. The normalized spacial score (nSPS) is 32.6. The predicted molar refractivity (Wildman–Crippen MR) is 98.2 cm³/mol. The maximum atomic E-state index is 10.4. The molecule has 24 heavy (non-hydrogen) atoms. The van der Waals surface area contributed by atoms with Crippen LogP contribution >= 0.6 is 23.2 Å². The Bertz CT molecular complexity index is 607. The summed E-state index contributed by atoms with van der Waals surface area (Å²) in [6.07, 6.45) is 3.32. The van der Waals surface area contributed by atoms with Crippen molar-refractivity contribution in [1.82, 2.24) is 0 Å². The molecular weight excluding hydrogens is 345 g/mol. The van der Waals surface area contributed by atoms with Gasteiger partial charge >= 0.3 is 0 Å². The van der Waals surface area contributed by atoms with E-state index in [1.54, 1.807) is 18.2 Å². The van der Waals surface area contributed by atoms with Crippen LogP contribution in [0.1, 0.15) is 40.0 Å². The lowest BCUT2D eigenvalue weighted by Gasteiger charge is -2.37. The first-order valence-corrected chi connectivity index (χ1v) is 9.52. The van der Waals surface area contributed by atoms with Gasteiger partial charge in [0.15, 0.2) is 0 Å². The van der Waals surface area contributed by atoms with Crippen molar-refractivity contribution in [2.24, 2.45) is 10.8 Å². The minimum absolute atomic E-state index is 0.262. The molecule has 5 heteroatoms. The van der Waals surface area contributed by atoms with E-state index in [2.05, 4.69) is 20.8 Å². The molecule has 1 saturated carbocycles. The quantitative estimate of drug-likeness (QED) is 0.831. The average Bonchev–Trinajstić information content (AvgIpc) is 2.66. The Morgan fingerprint density at radius 3 is 2.75 bits per heavy atom. The van der Waals surface area contributed by atoms with Crippen LogP contribution in [0.15, 0.2) is 18.2 Å². The summed E-state index contributed by atoms with van der Waals surface area (Å²) in [6.45, 7) is 9.31. The molecule has 2 N–H and O–H groups in total. The first-order valence-electron chi connectivity index (χ1n) is 8.76. The number of hydrogen-bond donors (Lipinski definition) is 2. The number of ether oxygens (including phenoxy) is 1. The van der Waals surface area contributed by atoms with Gasteiger partial charge in [0.2, 0.25) is 0 Å². The Balaban J connectivity index is 1.55. The van der Waals surface area contributed by atoms with Gasteiger partial charge in [0.1, 0.15) is 25.0 Å². The van der Waals surface area contributed by atoms with Gasteiger partial charge in [-0.25, -0.2) is 0 Å². The maximum Gasteiger partial charge on any atom is 0.138 e. The zero-order valence-electron chi connectivity index (χ0n) is 14.7. The standard InChI is InChI=1S/C19H27Cl2NO2/c1-18(2)7-14-8-19(3,11-18)12-22(14)9-15(23)10-24-17-5-4-13(20)6-16(17)21/h4-6,14-15,23H,7-12H2,1-3H3/p+1/t14-,15-,19-/m0/s1. The van der Waals surface area contributed by atoms with E-state index in [0.717, 1.165) is 13.1 Å². The second kappa shape index (κ2) is 6.68. The van der Waals surface area contributed by atoms with Crippen LogP contribution in [-0.2, 0) is 0 Å². The fourth-order valence-corrected chi connectivity index (χ4v) is 5.59. The molecular formula is C19H28Cl2NO2+. The lowest BCUT2D eigenvalue weighted by Crippen LogP contribution is -3.15. The van der Waals surface area contributed by atoms with Gasteiger partial charge in [0.05, 0.1) is 17.6 Å². The molecule has 1 saturated heterocycles. The second-order valence-corrected chi connectivity index (χ2v) is 9.68. The summed E-state index contributed by atoms with van der Waals surface area (Å²) in [5, 5.41) is 11.5. The summed E-state index contributed by atoms with van der Waals surface area (Å²) in [6, 6.07) is 5.80. The molecule has 1 aliphatic carbocycles. The molecule has 1 aromatic carbocycles. The summed E-state index contributed by atoms with van der Waals surface area (Å²) in [5.41, 5.74) is 0.833. The van der Waals surface area contributed by atoms with E-state index in [1.165, 1.54) is 24.2 Å². The SMILES string of the molecule is CC1(C)C[C@H]2C[C@](C)(C[NH+]2C[C@H](O)COc2ccc(Cl)cc2Cl)C1. The lowest BCUT2D eigenvalue weighted by atomic mass is 9.65. The molecule has 0 aromatic heterocycles. The molecule has 3 nitrogen and oxygen atoms in total. The molecule has 4 atom stereocenters. The number of quaternary nitrogens is 1. The first kappa shape index (κ1) is 18.3. The smallest absolute Gasteiger partial charge is 0.138 e. The Labute approximate surface area is 154 Å². The zero-order valence-corrected chi connectivity index (χ0v) is 16.3. The molecule has 134 valence electrons. The highest BCUT2D eigenvalue weighted by atomic mass is 35.5. The topological polar surface area (TPSA) is 33.9 Å². The number of aliphatic hydroxyl groups excluding tert-OH is 1. The molecule has 3 rings (SSSR count). The van der Waals surface area contributed by atoms with Gasteiger partial charge in [0.25, 0.3) is 0 Å². The number of aliphatic hydroxyl groups is 1. The molecule has 2 aliphatic rings. The average molecular weight is 373 g/mol. The van der Waals surface area contributed by atoms with E-state index in [1.807, 2.05) is 0 Å². The Morgan fingerprint density at radius 1 is 1.29 bits per heavy atom. The Hall–Kier alpha value is -0.480. The van der Waals surface area contributed by atoms with Crippen LogP contribution in [0, 0.1) is 10.8 Å². The minimum Gasteiger partial charge on any atom is -0.489 e. The highest BCUT2D eigenvalue weighted by Gasteiger charge is 2.52. The van der Waals surface area contributed by atoms with Gasteiger partial charge in [-0.3, -0.25) is 0 Å². The van der Waals surface area contributed by atoms with Crippen molar-refractivity contribution in [3.63, 3.8) is 0 Å². The summed E-state index contributed by atoms with van der Waals surface area (Å²) in [5.74, 6) is 0.573. The number of fused-ring (bicyclic) bond motifs is 2. The van der Waals surface area contributed by atoms with E-state index in [4.69, 9.17) is 27.9 Å². The van der Waals surface area contributed by atoms with Crippen molar-refractivity contribution in [2.75, 3.05) is 19.7 Å². The fourth-order valence-electron chi connectivity index (χ4n) is 5.13. The molecule has 0 amide bonds. The number of likely N-dealkylation sites (tertiary alicyclic amines) is 1. The molecule has 1 unspecified atom stereocenters. The van der Waals surface area contributed by atoms with Gasteiger partial charge < -0.3 is 14.7 Å². The Morgan fingerprint density at radius 2 is 2.04 bits per heavy atom. The van der Waals surface area contributed by atoms with Crippen LogP contribution in [0.4, 0.5) is 0 Å². The van der Waals surface area contributed by atoms with Crippen molar-refractivity contribution >= 4 is 23.2 Å². The third-order valence-corrected chi connectivity index (χ3v) is 6.03. The maximum absolute atomic E-state index is 10.4. The predicted octanol–water partition coefficient (Wildman–Crippen LogP) is 3.22. The largest absolute Gasteiger partial charge is 0.489 e. The van der Waals surface area contributed by atoms with E-state index in [9.17, 15) is 5.11 Å². The van der Waals surface area contributed by atoms with Gasteiger partial charge in [-0.15, -0.1) is 0 Å². The molecule has 2 bridgehead atoms. The number of rotatable bonds is 5. The molecule has 0 spiro atoms. The van der Waals surface area contributed by atoms with Crippen molar-refractivity contribution in [3.05, 3.63) is 28.2 Å². The van der Waals surface area contributed by atoms with Crippen molar-refractivity contribution < 1.29 is 14.7 Å². The highest BCUT2D eigenvalue weighted by molar-refractivity contribution is 6.35. The monoisotopic (exact) mass is 372 g/mol. The molecule has 2 fully saturated rings. The van der Waals surface area contributed by atoms with Crippen molar-refractivity contribution in [2.45, 2.75) is 52.2 Å². The van der Waals surface area contributed by atoms with E-state index < -0.39 is 6.10 Å². The minimum atomic E-state index is -0.488. The first-order chi connectivity index (χ1) is 11.2. The lowest BCUT2D eigenvalue weighted by molar-refractivity contribution is -0.917. The summed E-state index contributed by atoms with van der Waals surface area (Å²) in [4.78, 5) is 1.53. The second-order valence-electron chi connectivity index (χ2n) is 8.84. The fraction of sp³-hybridized carbons (Fsp3) is 0.684. The van der Waals surface area contributed by atoms with E-state index in [0.29, 0.717) is 32.7 Å². The van der Waals surface area contributed by atoms with Crippen molar-refractivity contribution in [3.8, 4) is 5.75 Å². The van der Waals surface area contributed by atoms with Gasteiger partial charge in [-0.05, 0) is 30.0 Å². The van der Waals surface area contributed by atoms with Crippen LogP contribution in [0.3, 0.4) is 0 Å². The molecule has 1 aromatic rings. The number of benzene rings is 1. The van der Waals surface area contributed by atoms with Gasteiger partial charge in [-0.2, -0.15) is 0 Å². The molecule has 1 heterocycles. The number of nitrogens with one attached hydrogen (secondary N) is 1. The van der Waals surface area contributed by atoms with E-state index in [-0.39, 0.29) is 6.61 Å². The summed E-state index contributed by atoms with van der Waals surface area (Å²) in [7, 11) is 0. The van der Waals surface area contributed by atoms with Gasteiger partial charge in [-0.1, -0.05) is 44.0 Å². The summed E-state index contributed by atoms with van der Waals surface area (Å²) >= 11 is 12.0. The summed E-state index contributed by atoms with van der Waals surface area (Å²) < 4.78 is 5.69. The number of halogens is 2. The van der Waals surface area contributed by atoms with Crippen LogP contribution in [-0.4, -0.2) is 36.9 Å². The third kappa shape index (κ3) is 4.19. The zero-order chi connectivity index (χ0) is 17.5. The van der Waals surface area contributed by atoms with Crippen LogP contribution in [0.25, 0.3) is 0 Å². The van der Waals surface area contributed by atoms with Crippen LogP contribution < -0.4 is 9.64 Å². The van der Waals surface area contributed by atoms with Gasteiger partial charge in [0, 0.05) is 23.3 Å². The van der Waals surface area contributed by atoms with E-state index >= 15 is 0 Å². The van der Waals surface area contributed by atoms with Crippen LogP contribution in [0.5, 0.6) is 5.75 Å². The molecule has 1 aliphatic heterocycles. The molecule has 0 radical (unpaired) electrons. The van der Waals surface area contributed by atoms with Crippen molar-refractivity contribution in [1.29, 1.82) is 0 Å².